The van der Waals surface area contributed by atoms with Gasteiger partial charge < -0.3 is 14.6 Å². The fourth-order valence-corrected chi connectivity index (χ4v) is 1.90. The van der Waals surface area contributed by atoms with Crippen LogP contribution in [0.1, 0.15) is 13.8 Å². The number of morpholine rings is 1. The number of carbonyl (C=O) groups excluding carboxylic acids is 1. The fourth-order valence-electron chi connectivity index (χ4n) is 1.90. The molecule has 0 aliphatic carbocycles. The van der Waals surface area contributed by atoms with Crippen molar-refractivity contribution in [2.45, 2.75) is 26.5 Å². The van der Waals surface area contributed by atoms with Crippen molar-refractivity contribution in [3.8, 4) is 0 Å². The predicted molar refractivity (Wildman–Crippen MR) is 75.6 cm³/mol. The van der Waals surface area contributed by atoms with Gasteiger partial charge in [-0.05, 0) is 5.92 Å². The molecule has 1 amide bonds. The molecule has 2 rings (SSSR count). The first-order chi connectivity index (χ1) is 8.66. The summed E-state index contributed by atoms with van der Waals surface area (Å²) in [4.78, 5) is 16.1. The lowest BCUT2D eigenvalue weighted by Gasteiger charge is -2.22. The Kier molecular flexibility index (Phi) is 6.27. The summed E-state index contributed by atoms with van der Waals surface area (Å²) < 4.78 is 7.34. The van der Waals surface area contributed by atoms with Crippen molar-refractivity contribution >= 4 is 24.3 Å². The number of imidazole rings is 1. The van der Waals surface area contributed by atoms with E-state index in [1.165, 1.54) is 0 Å². The van der Waals surface area contributed by atoms with Gasteiger partial charge in [-0.1, -0.05) is 13.8 Å². The maximum atomic E-state index is 12.0. The number of amides is 1. The second-order valence-corrected chi connectivity index (χ2v) is 4.85. The standard InChI is InChI=1S/C12H20N4O2.ClH/c1-9(2)8-16-5-3-14-12(16)15-11(17)10-7-13-4-6-18-10;/h3,5,9-10,13H,4,6-8H2,1-2H3,(H,14,15,17);1H. The van der Waals surface area contributed by atoms with Gasteiger partial charge in [0.2, 0.25) is 5.95 Å². The Morgan fingerprint density at radius 3 is 3.11 bits per heavy atom. The summed E-state index contributed by atoms with van der Waals surface area (Å²) in [6.07, 6.45) is 3.14. The second-order valence-electron chi connectivity index (χ2n) is 4.85. The van der Waals surface area contributed by atoms with Crippen LogP contribution in [0.4, 0.5) is 5.95 Å². The topological polar surface area (TPSA) is 68.2 Å². The van der Waals surface area contributed by atoms with Crippen molar-refractivity contribution in [1.82, 2.24) is 14.9 Å². The van der Waals surface area contributed by atoms with Gasteiger partial charge in [-0.25, -0.2) is 4.98 Å². The van der Waals surface area contributed by atoms with E-state index in [0.717, 1.165) is 13.1 Å². The first kappa shape index (κ1) is 15.9. The first-order valence-corrected chi connectivity index (χ1v) is 6.31. The Hall–Kier alpha value is -1.11. The van der Waals surface area contributed by atoms with Crippen molar-refractivity contribution in [3.05, 3.63) is 12.4 Å². The third-order valence-corrected chi connectivity index (χ3v) is 2.73. The van der Waals surface area contributed by atoms with Gasteiger partial charge in [-0.3, -0.25) is 10.1 Å². The summed E-state index contributed by atoms with van der Waals surface area (Å²) in [7, 11) is 0. The minimum Gasteiger partial charge on any atom is -0.366 e. The van der Waals surface area contributed by atoms with Crippen LogP contribution in [0.5, 0.6) is 0 Å². The average Bonchev–Trinajstić information content (AvgIpc) is 2.77. The Bertz CT molecular complexity index is 402. The number of halogens is 1. The minimum atomic E-state index is -0.428. The highest BCUT2D eigenvalue weighted by molar-refractivity contribution is 5.93. The molecule has 0 spiro atoms. The monoisotopic (exact) mass is 288 g/mol. The van der Waals surface area contributed by atoms with E-state index in [4.69, 9.17) is 4.74 Å². The predicted octanol–water partition coefficient (Wildman–Crippen LogP) is 0.888. The molecule has 0 bridgehead atoms. The highest BCUT2D eigenvalue weighted by Gasteiger charge is 2.22. The van der Waals surface area contributed by atoms with Crippen LogP contribution in [-0.2, 0) is 16.1 Å². The zero-order valence-electron chi connectivity index (χ0n) is 11.3. The summed E-state index contributed by atoms with van der Waals surface area (Å²) in [6.45, 7) is 7.00. The van der Waals surface area contributed by atoms with Crippen LogP contribution in [0.2, 0.25) is 0 Å². The molecule has 19 heavy (non-hydrogen) atoms. The second kappa shape index (κ2) is 7.47. The van der Waals surface area contributed by atoms with Crippen LogP contribution >= 0.6 is 12.4 Å². The highest BCUT2D eigenvalue weighted by atomic mass is 35.5. The third kappa shape index (κ3) is 4.49. The molecule has 0 saturated carbocycles. The number of nitrogens with one attached hydrogen (secondary N) is 2. The molecular weight excluding hydrogens is 268 g/mol. The summed E-state index contributed by atoms with van der Waals surface area (Å²) >= 11 is 0. The lowest BCUT2D eigenvalue weighted by atomic mass is 10.2. The molecule has 6 nitrogen and oxygen atoms in total. The van der Waals surface area contributed by atoms with Gasteiger partial charge in [0.05, 0.1) is 6.61 Å². The average molecular weight is 289 g/mol. The van der Waals surface area contributed by atoms with Crippen LogP contribution in [0.15, 0.2) is 12.4 Å². The zero-order chi connectivity index (χ0) is 13.0. The van der Waals surface area contributed by atoms with E-state index in [-0.39, 0.29) is 18.3 Å². The molecular formula is C12H21ClN4O2. The SMILES string of the molecule is CC(C)Cn1ccnc1NC(=O)C1CNCCO1.Cl. The molecule has 1 aromatic heterocycles. The normalized spacial score (nSPS) is 19.0. The van der Waals surface area contributed by atoms with Crippen molar-refractivity contribution in [2.24, 2.45) is 5.92 Å². The Morgan fingerprint density at radius 1 is 1.68 bits per heavy atom. The number of nitrogens with zero attached hydrogens (tertiary/aromatic N) is 2. The molecule has 1 atom stereocenters. The van der Waals surface area contributed by atoms with Crippen LogP contribution in [0.3, 0.4) is 0 Å². The Balaban J connectivity index is 0.00000180. The molecule has 1 saturated heterocycles. The number of ether oxygens (including phenoxy) is 1. The fraction of sp³-hybridized carbons (Fsp3) is 0.667. The molecule has 2 heterocycles. The number of carbonyl (C=O) groups is 1. The quantitative estimate of drug-likeness (QED) is 0.863. The number of hydrogen-bond acceptors (Lipinski definition) is 4. The third-order valence-electron chi connectivity index (χ3n) is 2.73. The summed E-state index contributed by atoms with van der Waals surface area (Å²) in [5.74, 6) is 0.948. The zero-order valence-corrected chi connectivity index (χ0v) is 12.1. The summed E-state index contributed by atoms with van der Waals surface area (Å²) in [5, 5.41) is 5.94. The number of aromatic nitrogens is 2. The highest BCUT2D eigenvalue weighted by Crippen LogP contribution is 2.09. The Labute approximate surface area is 119 Å². The van der Waals surface area contributed by atoms with Crippen LogP contribution in [-0.4, -0.2) is 41.3 Å². The molecule has 2 N–H and O–H groups in total. The van der Waals surface area contributed by atoms with Gasteiger partial charge in [-0.2, -0.15) is 0 Å². The van der Waals surface area contributed by atoms with Gasteiger partial charge in [0, 0.05) is 32.0 Å². The lowest BCUT2D eigenvalue weighted by Crippen LogP contribution is -2.45. The lowest BCUT2D eigenvalue weighted by molar-refractivity contribution is -0.128. The maximum Gasteiger partial charge on any atom is 0.257 e. The summed E-state index contributed by atoms with van der Waals surface area (Å²) in [5.41, 5.74) is 0. The minimum absolute atomic E-state index is 0. The van der Waals surface area contributed by atoms with Crippen LogP contribution in [0, 0.1) is 5.92 Å². The first-order valence-electron chi connectivity index (χ1n) is 6.31. The van der Waals surface area contributed by atoms with E-state index in [0.29, 0.717) is 25.0 Å². The molecule has 1 aromatic rings. The molecule has 1 unspecified atom stereocenters. The molecule has 1 aliphatic rings. The molecule has 1 aliphatic heterocycles. The smallest absolute Gasteiger partial charge is 0.257 e. The molecule has 0 aromatic carbocycles. The van der Waals surface area contributed by atoms with Gasteiger partial charge in [0.25, 0.3) is 5.91 Å². The van der Waals surface area contributed by atoms with Crippen molar-refractivity contribution in [2.75, 3.05) is 25.0 Å². The molecule has 0 radical (unpaired) electrons. The summed E-state index contributed by atoms with van der Waals surface area (Å²) in [6, 6.07) is 0. The van der Waals surface area contributed by atoms with Gasteiger partial charge in [0.1, 0.15) is 6.10 Å². The van der Waals surface area contributed by atoms with Crippen LogP contribution < -0.4 is 10.6 Å². The van der Waals surface area contributed by atoms with E-state index in [1.807, 2.05) is 10.8 Å². The largest absolute Gasteiger partial charge is 0.366 e. The van der Waals surface area contributed by atoms with Gasteiger partial charge >= 0.3 is 0 Å². The Morgan fingerprint density at radius 2 is 2.47 bits per heavy atom. The van der Waals surface area contributed by atoms with E-state index < -0.39 is 6.10 Å². The van der Waals surface area contributed by atoms with E-state index >= 15 is 0 Å². The maximum absolute atomic E-state index is 12.0. The van der Waals surface area contributed by atoms with Crippen LogP contribution in [0.25, 0.3) is 0 Å². The van der Waals surface area contributed by atoms with E-state index in [9.17, 15) is 4.79 Å². The number of anilines is 1. The van der Waals surface area contributed by atoms with Crippen molar-refractivity contribution < 1.29 is 9.53 Å². The van der Waals surface area contributed by atoms with Crippen molar-refractivity contribution in [3.63, 3.8) is 0 Å². The molecule has 1 fully saturated rings. The van der Waals surface area contributed by atoms with Crippen molar-refractivity contribution in [1.29, 1.82) is 0 Å². The van der Waals surface area contributed by atoms with E-state index in [1.54, 1.807) is 6.20 Å². The molecule has 108 valence electrons. The van der Waals surface area contributed by atoms with Gasteiger partial charge in [0.15, 0.2) is 0 Å². The molecule has 7 heteroatoms. The van der Waals surface area contributed by atoms with Gasteiger partial charge in [-0.15, -0.1) is 12.4 Å². The number of hydrogen-bond donors (Lipinski definition) is 2. The van der Waals surface area contributed by atoms with E-state index in [2.05, 4.69) is 29.5 Å². The number of rotatable bonds is 4.